The zero-order chi connectivity index (χ0) is 4.95. The first-order chi connectivity index (χ1) is 3.50. The Morgan fingerprint density at radius 3 is 3.14 bits per heavy atom. The third kappa shape index (κ3) is 1.90. The molecule has 0 aliphatic carbocycles. The van der Waals surface area contributed by atoms with E-state index < -0.39 is 0 Å². The van der Waals surface area contributed by atoms with Crippen LogP contribution in [0.5, 0.6) is 0 Å². The molecule has 1 saturated heterocycles. The Hall–Kier alpha value is -0.0800. The van der Waals surface area contributed by atoms with Crippen molar-refractivity contribution in [1.29, 1.82) is 0 Å². The van der Waals surface area contributed by atoms with Gasteiger partial charge in [0.25, 0.3) is 0 Å². The van der Waals surface area contributed by atoms with E-state index in [9.17, 15) is 0 Å². The molecular formula is C5H12NO+. The molecule has 2 nitrogen and oxygen atoms in total. The molecule has 2 heteroatoms. The number of quaternary nitrogens is 1. The fourth-order valence-corrected chi connectivity index (χ4v) is 0.743. The molecule has 0 saturated carbocycles. The van der Waals surface area contributed by atoms with E-state index in [0.717, 1.165) is 19.8 Å². The van der Waals surface area contributed by atoms with Gasteiger partial charge in [-0.25, -0.2) is 0 Å². The van der Waals surface area contributed by atoms with Gasteiger partial charge in [0.1, 0.15) is 0 Å². The van der Waals surface area contributed by atoms with Gasteiger partial charge in [-0.15, -0.1) is 0 Å². The van der Waals surface area contributed by atoms with Gasteiger partial charge in [-0.3, -0.25) is 0 Å². The Labute approximate surface area is 43.9 Å². The second-order valence-corrected chi connectivity index (χ2v) is 1.83. The molecular weight excluding hydrogens is 90.1 g/mol. The van der Waals surface area contributed by atoms with Gasteiger partial charge in [0, 0.05) is 6.42 Å². The zero-order valence-electron chi connectivity index (χ0n) is 4.52. The molecule has 0 aromatic carbocycles. The van der Waals surface area contributed by atoms with E-state index in [1.54, 1.807) is 0 Å². The van der Waals surface area contributed by atoms with Crippen molar-refractivity contribution in [3.63, 3.8) is 0 Å². The normalized spacial score (nSPS) is 24.0. The largest absolute Gasteiger partial charge is 0.375 e. The Kier molecular flexibility index (Phi) is 2.17. The summed E-state index contributed by atoms with van der Waals surface area (Å²) in [4.78, 5) is 0. The predicted octanol–water partition coefficient (Wildman–Crippen LogP) is -1.03. The quantitative estimate of drug-likeness (QED) is 0.416. The standard InChI is InChI=1S/C5H11NO/c1-2-6-3-5-7-4-1/h6H,1-5H2/p+1. The van der Waals surface area contributed by atoms with Gasteiger partial charge in [-0.1, -0.05) is 0 Å². The van der Waals surface area contributed by atoms with Crippen molar-refractivity contribution in [3.05, 3.63) is 0 Å². The minimum absolute atomic E-state index is 0.944. The van der Waals surface area contributed by atoms with Crippen molar-refractivity contribution in [1.82, 2.24) is 0 Å². The van der Waals surface area contributed by atoms with Gasteiger partial charge in [-0.2, -0.15) is 0 Å². The van der Waals surface area contributed by atoms with Crippen molar-refractivity contribution >= 4 is 0 Å². The highest BCUT2D eigenvalue weighted by atomic mass is 16.5. The summed E-state index contributed by atoms with van der Waals surface area (Å²) in [7, 11) is 0. The lowest BCUT2D eigenvalue weighted by molar-refractivity contribution is -0.652. The number of hydrogen-bond donors (Lipinski definition) is 1. The van der Waals surface area contributed by atoms with Crippen LogP contribution in [-0.2, 0) is 4.74 Å². The summed E-state index contributed by atoms with van der Waals surface area (Å²) in [5.74, 6) is 0. The molecule has 1 aliphatic rings. The molecule has 0 aromatic heterocycles. The van der Waals surface area contributed by atoms with E-state index in [-0.39, 0.29) is 0 Å². The highest BCUT2D eigenvalue weighted by molar-refractivity contribution is 4.35. The summed E-state index contributed by atoms with van der Waals surface area (Å²) >= 11 is 0. The van der Waals surface area contributed by atoms with E-state index in [0.29, 0.717) is 0 Å². The van der Waals surface area contributed by atoms with Crippen LogP contribution in [0.3, 0.4) is 0 Å². The number of nitrogens with two attached hydrogens (primary N) is 1. The van der Waals surface area contributed by atoms with Gasteiger partial charge in [-0.05, 0) is 0 Å². The monoisotopic (exact) mass is 102 g/mol. The van der Waals surface area contributed by atoms with Gasteiger partial charge in [0.15, 0.2) is 0 Å². The summed E-state index contributed by atoms with van der Waals surface area (Å²) < 4.78 is 5.16. The molecule has 1 rings (SSSR count). The third-order valence-electron chi connectivity index (χ3n) is 1.16. The predicted molar refractivity (Wildman–Crippen MR) is 27.1 cm³/mol. The van der Waals surface area contributed by atoms with Crippen LogP contribution in [-0.4, -0.2) is 26.3 Å². The van der Waals surface area contributed by atoms with E-state index in [2.05, 4.69) is 5.32 Å². The van der Waals surface area contributed by atoms with Crippen LogP contribution in [0, 0.1) is 0 Å². The first-order valence-electron chi connectivity index (χ1n) is 2.89. The van der Waals surface area contributed by atoms with Crippen LogP contribution < -0.4 is 5.32 Å². The van der Waals surface area contributed by atoms with E-state index in [4.69, 9.17) is 4.74 Å². The van der Waals surface area contributed by atoms with Gasteiger partial charge >= 0.3 is 0 Å². The van der Waals surface area contributed by atoms with E-state index in [1.807, 2.05) is 0 Å². The number of rotatable bonds is 0. The van der Waals surface area contributed by atoms with E-state index >= 15 is 0 Å². The molecule has 1 fully saturated rings. The van der Waals surface area contributed by atoms with Crippen molar-refractivity contribution < 1.29 is 10.1 Å². The summed E-state index contributed by atoms with van der Waals surface area (Å²) in [6.45, 7) is 4.32. The Bertz CT molecular complexity index is 27.7. The fourth-order valence-electron chi connectivity index (χ4n) is 0.743. The van der Waals surface area contributed by atoms with Crippen LogP contribution >= 0.6 is 0 Å². The summed E-state index contributed by atoms with van der Waals surface area (Å²) in [6, 6.07) is 0. The second kappa shape index (κ2) is 2.99. The highest BCUT2D eigenvalue weighted by Crippen LogP contribution is 1.78. The van der Waals surface area contributed by atoms with Gasteiger partial charge < -0.3 is 10.1 Å². The SMILES string of the molecule is C1C[NH2+]CCOC1. The Morgan fingerprint density at radius 1 is 1.14 bits per heavy atom. The molecule has 0 aromatic rings. The van der Waals surface area contributed by atoms with Crippen molar-refractivity contribution in [2.45, 2.75) is 6.42 Å². The lowest BCUT2D eigenvalue weighted by Gasteiger charge is -1.89. The average molecular weight is 102 g/mol. The zero-order valence-corrected chi connectivity index (χ0v) is 4.52. The molecule has 0 spiro atoms. The first kappa shape index (κ1) is 5.06. The summed E-state index contributed by atoms with van der Waals surface area (Å²) in [6.07, 6.45) is 1.22. The van der Waals surface area contributed by atoms with Crippen LogP contribution in [0.25, 0.3) is 0 Å². The molecule has 0 amide bonds. The Balaban J connectivity index is 2.04. The third-order valence-corrected chi connectivity index (χ3v) is 1.16. The first-order valence-corrected chi connectivity index (χ1v) is 2.89. The van der Waals surface area contributed by atoms with Crippen LogP contribution in [0.15, 0.2) is 0 Å². The van der Waals surface area contributed by atoms with Gasteiger partial charge in [0.2, 0.25) is 0 Å². The second-order valence-electron chi connectivity index (χ2n) is 1.83. The molecule has 1 heterocycles. The summed E-state index contributed by atoms with van der Waals surface area (Å²) in [5, 5.41) is 2.30. The molecule has 42 valence electrons. The molecule has 7 heavy (non-hydrogen) atoms. The number of ether oxygens (including phenoxy) is 1. The Morgan fingerprint density at radius 2 is 2.14 bits per heavy atom. The van der Waals surface area contributed by atoms with Gasteiger partial charge in [0.05, 0.1) is 26.3 Å². The van der Waals surface area contributed by atoms with Crippen molar-refractivity contribution in [2.75, 3.05) is 26.3 Å². The van der Waals surface area contributed by atoms with E-state index in [1.165, 1.54) is 13.0 Å². The lowest BCUT2D eigenvalue weighted by atomic mass is 10.5. The fraction of sp³-hybridized carbons (Fsp3) is 1.00. The molecule has 1 aliphatic heterocycles. The highest BCUT2D eigenvalue weighted by Gasteiger charge is 1.96. The van der Waals surface area contributed by atoms with Crippen molar-refractivity contribution in [3.8, 4) is 0 Å². The average Bonchev–Trinajstić information content (AvgIpc) is 1.90. The van der Waals surface area contributed by atoms with Crippen LogP contribution in [0.1, 0.15) is 6.42 Å². The minimum atomic E-state index is 0.944. The topological polar surface area (TPSA) is 25.8 Å². The smallest absolute Gasteiger partial charge is 0.0993 e. The maximum atomic E-state index is 5.16. The maximum absolute atomic E-state index is 5.16. The maximum Gasteiger partial charge on any atom is 0.0993 e. The van der Waals surface area contributed by atoms with Crippen molar-refractivity contribution in [2.24, 2.45) is 0 Å². The molecule has 0 bridgehead atoms. The lowest BCUT2D eigenvalue weighted by Crippen LogP contribution is -2.84. The summed E-state index contributed by atoms with van der Waals surface area (Å²) in [5.41, 5.74) is 0. The van der Waals surface area contributed by atoms with Crippen LogP contribution in [0.4, 0.5) is 0 Å². The molecule has 2 N–H and O–H groups in total. The molecule has 0 unspecified atom stereocenters. The minimum Gasteiger partial charge on any atom is -0.375 e. The van der Waals surface area contributed by atoms with Crippen LogP contribution in [0.2, 0.25) is 0 Å². The number of hydrogen-bond acceptors (Lipinski definition) is 1. The molecule has 0 atom stereocenters. The molecule has 0 radical (unpaired) electrons.